The standard InChI is InChI=1S/C14H21N3O4/c1-20-12-2-3-13(14(10-12)17(18)19)16-8-9-21-11-4-6-15-7-5-11/h2-3,10-11,15-16H,4-9H2,1H3. The molecule has 0 bridgehead atoms. The fraction of sp³-hybridized carbons (Fsp3) is 0.571. The molecule has 0 saturated carbocycles. The van der Waals surface area contributed by atoms with Crippen LogP contribution in [0.4, 0.5) is 11.4 Å². The van der Waals surface area contributed by atoms with Crippen LogP contribution in [0.15, 0.2) is 18.2 Å². The molecule has 2 N–H and O–H groups in total. The lowest BCUT2D eigenvalue weighted by molar-refractivity contribution is -0.384. The van der Waals surface area contributed by atoms with Crippen LogP contribution in [0.5, 0.6) is 5.75 Å². The van der Waals surface area contributed by atoms with Crippen LogP contribution in [0, 0.1) is 10.1 Å². The molecule has 0 amide bonds. The Kier molecular flexibility index (Phi) is 5.77. The lowest BCUT2D eigenvalue weighted by Gasteiger charge is -2.23. The molecule has 1 fully saturated rings. The van der Waals surface area contributed by atoms with Gasteiger partial charge in [-0.1, -0.05) is 0 Å². The highest BCUT2D eigenvalue weighted by Gasteiger charge is 2.16. The van der Waals surface area contributed by atoms with E-state index in [0.29, 0.717) is 30.7 Å². The first-order chi connectivity index (χ1) is 10.2. The summed E-state index contributed by atoms with van der Waals surface area (Å²) in [5, 5.41) is 17.4. The second-order valence-electron chi connectivity index (χ2n) is 4.89. The van der Waals surface area contributed by atoms with E-state index in [1.54, 1.807) is 12.1 Å². The van der Waals surface area contributed by atoms with E-state index in [9.17, 15) is 10.1 Å². The van der Waals surface area contributed by atoms with Gasteiger partial charge in [-0.3, -0.25) is 10.1 Å². The van der Waals surface area contributed by atoms with E-state index in [-0.39, 0.29) is 5.69 Å². The third-order valence-electron chi connectivity index (χ3n) is 3.46. The van der Waals surface area contributed by atoms with Crippen molar-refractivity contribution in [3.8, 4) is 5.75 Å². The third kappa shape index (κ3) is 4.57. The molecule has 0 atom stereocenters. The second kappa shape index (κ2) is 7.80. The average Bonchev–Trinajstić information content (AvgIpc) is 2.52. The van der Waals surface area contributed by atoms with Crippen LogP contribution in [0.2, 0.25) is 0 Å². The van der Waals surface area contributed by atoms with Crippen molar-refractivity contribution in [1.82, 2.24) is 5.32 Å². The molecule has 21 heavy (non-hydrogen) atoms. The van der Waals surface area contributed by atoms with E-state index in [0.717, 1.165) is 25.9 Å². The van der Waals surface area contributed by atoms with Gasteiger partial charge in [0, 0.05) is 6.54 Å². The van der Waals surface area contributed by atoms with Crippen LogP contribution < -0.4 is 15.4 Å². The molecule has 1 aliphatic heterocycles. The van der Waals surface area contributed by atoms with Gasteiger partial charge >= 0.3 is 0 Å². The molecule has 1 aromatic rings. The Labute approximate surface area is 123 Å². The van der Waals surface area contributed by atoms with Gasteiger partial charge in [-0.15, -0.1) is 0 Å². The van der Waals surface area contributed by atoms with E-state index in [1.165, 1.54) is 13.2 Å². The summed E-state index contributed by atoms with van der Waals surface area (Å²) in [6, 6.07) is 4.76. The molecular weight excluding hydrogens is 274 g/mol. The molecule has 1 aromatic carbocycles. The van der Waals surface area contributed by atoms with Crippen LogP contribution in [-0.2, 0) is 4.74 Å². The number of piperidine rings is 1. The number of benzene rings is 1. The monoisotopic (exact) mass is 295 g/mol. The van der Waals surface area contributed by atoms with Crippen molar-refractivity contribution in [2.75, 3.05) is 38.7 Å². The predicted molar refractivity (Wildman–Crippen MR) is 80.0 cm³/mol. The zero-order valence-corrected chi connectivity index (χ0v) is 12.1. The molecule has 7 nitrogen and oxygen atoms in total. The van der Waals surface area contributed by atoms with E-state index < -0.39 is 4.92 Å². The van der Waals surface area contributed by atoms with E-state index in [2.05, 4.69) is 10.6 Å². The number of rotatable bonds is 7. The van der Waals surface area contributed by atoms with Gasteiger partial charge in [-0.25, -0.2) is 0 Å². The Morgan fingerprint density at radius 3 is 2.86 bits per heavy atom. The minimum Gasteiger partial charge on any atom is -0.496 e. The molecule has 0 radical (unpaired) electrons. The first-order valence-electron chi connectivity index (χ1n) is 7.09. The number of hydrogen-bond acceptors (Lipinski definition) is 6. The molecule has 0 aromatic heterocycles. The number of nitrogens with zero attached hydrogens (tertiary/aromatic N) is 1. The lowest BCUT2D eigenvalue weighted by Crippen LogP contribution is -2.33. The number of nitro groups is 1. The average molecular weight is 295 g/mol. The fourth-order valence-corrected chi connectivity index (χ4v) is 2.31. The van der Waals surface area contributed by atoms with Gasteiger partial charge in [0.15, 0.2) is 0 Å². The quantitative estimate of drug-likeness (QED) is 0.453. The Morgan fingerprint density at radius 1 is 1.43 bits per heavy atom. The van der Waals surface area contributed by atoms with Crippen molar-refractivity contribution < 1.29 is 14.4 Å². The summed E-state index contributed by atoms with van der Waals surface area (Å²) in [7, 11) is 1.49. The Hall–Kier alpha value is -1.86. The highest BCUT2D eigenvalue weighted by molar-refractivity contribution is 5.63. The molecule has 116 valence electrons. The minimum atomic E-state index is -0.418. The molecule has 0 spiro atoms. The number of nitro benzene ring substituents is 1. The molecule has 0 aliphatic carbocycles. The van der Waals surface area contributed by atoms with Crippen molar-refractivity contribution in [2.24, 2.45) is 0 Å². The summed E-state index contributed by atoms with van der Waals surface area (Å²) in [4.78, 5) is 10.6. The molecule has 2 rings (SSSR count). The molecule has 0 unspecified atom stereocenters. The first-order valence-corrected chi connectivity index (χ1v) is 7.09. The number of hydrogen-bond donors (Lipinski definition) is 2. The van der Waals surface area contributed by atoms with Crippen LogP contribution in [0.1, 0.15) is 12.8 Å². The normalized spacial score (nSPS) is 15.7. The van der Waals surface area contributed by atoms with Crippen molar-refractivity contribution in [1.29, 1.82) is 0 Å². The lowest BCUT2D eigenvalue weighted by atomic mass is 10.1. The highest BCUT2D eigenvalue weighted by Crippen LogP contribution is 2.28. The fourth-order valence-electron chi connectivity index (χ4n) is 2.31. The number of ether oxygens (including phenoxy) is 2. The SMILES string of the molecule is COc1ccc(NCCOC2CCNCC2)c([N+](=O)[O-])c1. The third-order valence-corrected chi connectivity index (χ3v) is 3.46. The van der Waals surface area contributed by atoms with Gasteiger partial charge in [0.25, 0.3) is 5.69 Å². The Balaban J connectivity index is 1.83. The van der Waals surface area contributed by atoms with E-state index in [4.69, 9.17) is 9.47 Å². The molecule has 1 saturated heterocycles. The van der Waals surface area contributed by atoms with Gasteiger partial charge in [-0.05, 0) is 38.1 Å². The van der Waals surface area contributed by atoms with E-state index >= 15 is 0 Å². The smallest absolute Gasteiger partial charge is 0.296 e. The van der Waals surface area contributed by atoms with Gasteiger partial charge < -0.3 is 20.1 Å². The maximum absolute atomic E-state index is 11.0. The first kappa shape index (κ1) is 15.5. The topological polar surface area (TPSA) is 85.7 Å². The maximum atomic E-state index is 11.0. The summed E-state index contributed by atoms with van der Waals surface area (Å²) in [6.45, 7) is 3.05. The van der Waals surface area contributed by atoms with Gasteiger partial charge in [-0.2, -0.15) is 0 Å². The summed E-state index contributed by atoms with van der Waals surface area (Å²) >= 11 is 0. The Morgan fingerprint density at radius 2 is 2.19 bits per heavy atom. The highest BCUT2D eigenvalue weighted by atomic mass is 16.6. The van der Waals surface area contributed by atoms with Crippen molar-refractivity contribution in [3.05, 3.63) is 28.3 Å². The van der Waals surface area contributed by atoms with Crippen molar-refractivity contribution >= 4 is 11.4 Å². The summed E-state index contributed by atoms with van der Waals surface area (Å²) < 4.78 is 10.8. The minimum absolute atomic E-state index is 0.0104. The number of anilines is 1. The zero-order chi connectivity index (χ0) is 15.1. The largest absolute Gasteiger partial charge is 0.496 e. The summed E-state index contributed by atoms with van der Waals surface area (Å²) in [6.07, 6.45) is 2.32. The van der Waals surface area contributed by atoms with Crippen LogP contribution in [0.3, 0.4) is 0 Å². The summed E-state index contributed by atoms with van der Waals surface area (Å²) in [5.41, 5.74) is 0.492. The predicted octanol–water partition coefficient (Wildman–Crippen LogP) is 1.78. The van der Waals surface area contributed by atoms with E-state index in [1.807, 2.05) is 0 Å². The van der Waals surface area contributed by atoms with Crippen molar-refractivity contribution in [3.63, 3.8) is 0 Å². The Bertz CT molecular complexity index is 475. The number of nitrogens with one attached hydrogen (secondary N) is 2. The molecular formula is C14H21N3O4. The zero-order valence-electron chi connectivity index (χ0n) is 12.1. The summed E-state index contributed by atoms with van der Waals surface area (Å²) in [5.74, 6) is 0.471. The molecule has 1 heterocycles. The van der Waals surface area contributed by atoms with Crippen LogP contribution in [-0.4, -0.2) is 44.4 Å². The maximum Gasteiger partial charge on any atom is 0.296 e. The molecule has 1 aliphatic rings. The van der Waals surface area contributed by atoms with Crippen molar-refractivity contribution in [2.45, 2.75) is 18.9 Å². The van der Waals surface area contributed by atoms with Gasteiger partial charge in [0.2, 0.25) is 0 Å². The van der Waals surface area contributed by atoms with Gasteiger partial charge in [0.1, 0.15) is 11.4 Å². The van der Waals surface area contributed by atoms with Gasteiger partial charge in [0.05, 0.1) is 30.8 Å². The van der Waals surface area contributed by atoms with Crippen LogP contribution >= 0.6 is 0 Å². The number of methoxy groups -OCH3 is 1. The second-order valence-corrected chi connectivity index (χ2v) is 4.89. The molecule has 7 heteroatoms. The van der Waals surface area contributed by atoms with Crippen LogP contribution in [0.25, 0.3) is 0 Å².